The summed E-state index contributed by atoms with van der Waals surface area (Å²) in [4.78, 5) is 27.3. The van der Waals surface area contributed by atoms with Crippen molar-refractivity contribution in [3.63, 3.8) is 0 Å². The standard InChI is InChI=1S/C33H31N3O3/c1-2-8-22-15-18-24(19-16-22)35-29-14-7-12-26(29)28-21-23(17-20-30(28)35)9-6-13-27-31(33(38)39)34-36(32(27)37)25-10-4-3-5-11-25/h3-6,9-11,13,15-21,26,29H,2,7-8,12,14H2,1H3,(H,38,39)/b9-6+,27-13-. The normalized spacial score (nSPS) is 21.1. The highest BCUT2D eigenvalue weighted by Gasteiger charge is 2.42. The number of nitrogens with zero attached hydrogens (tertiary/aromatic N) is 3. The largest absolute Gasteiger partial charge is 0.476 e. The highest BCUT2D eigenvalue weighted by atomic mass is 16.4. The first-order valence-electron chi connectivity index (χ1n) is 13.7. The fourth-order valence-electron chi connectivity index (χ4n) is 6.15. The smallest absolute Gasteiger partial charge is 0.357 e. The molecule has 39 heavy (non-hydrogen) atoms. The molecule has 1 amide bonds. The van der Waals surface area contributed by atoms with Gasteiger partial charge < -0.3 is 10.0 Å². The maximum absolute atomic E-state index is 13.0. The van der Waals surface area contributed by atoms with E-state index in [2.05, 4.69) is 59.4 Å². The monoisotopic (exact) mass is 517 g/mol. The van der Waals surface area contributed by atoms with Crippen LogP contribution in [0, 0.1) is 0 Å². The molecule has 2 unspecified atom stereocenters. The Labute approximate surface area is 228 Å². The summed E-state index contributed by atoms with van der Waals surface area (Å²) in [5.74, 6) is -1.18. The molecule has 6 rings (SSSR count). The third-order valence-corrected chi connectivity index (χ3v) is 7.91. The number of carboxylic acids is 1. The molecule has 0 bridgehead atoms. The Morgan fingerprint density at radius 2 is 1.82 bits per heavy atom. The van der Waals surface area contributed by atoms with Gasteiger partial charge in [-0.3, -0.25) is 4.79 Å². The van der Waals surface area contributed by atoms with E-state index < -0.39 is 11.9 Å². The Hall–Kier alpha value is -4.45. The Morgan fingerprint density at radius 1 is 1.03 bits per heavy atom. The number of benzene rings is 3. The van der Waals surface area contributed by atoms with Crippen molar-refractivity contribution in [3.8, 4) is 0 Å². The molecule has 2 atom stereocenters. The lowest BCUT2D eigenvalue weighted by Gasteiger charge is -2.27. The number of amides is 1. The summed E-state index contributed by atoms with van der Waals surface area (Å²) in [7, 11) is 0. The minimum atomic E-state index is -1.23. The molecule has 3 aliphatic rings. The summed E-state index contributed by atoms with van der Waals surface area (Å²) in [6.07, 6.45) is 11.1. The summed E-state index contributed by atoms with van der Waals surface area (Å²) in [5.41, 5.74) is 6.63. The molecule has 0 radical (unpaired) electrons. The molecule has 0 spiro atoms. The number of aliphatic carboxylic acids is 1. The van der Waals surface area contributed by atoms with E-state index in [0.29, 0.717) is 17.6 Å². The van der Waals surface area contributed by atoms with Crippen molar-refractivity contribution in [1.29, 1.82) is 0 Å². The van der Waals surface area contributed by atoms with Gasteiger partial charge in [-0.25, -0.2) is 4.79 Å². The fraction of sp³-hybridized carbons (Fsp3) is 0.242. The van der Waals surface area contributed by atoms with E-state index in [0.717, 1.165) is 23.4 Å². The number of carboxylic acid groups (broad SMARTS) is 1. The van der Waals surface area contributed by atoms with Crippen molar-refractivity contribution in [1.82, 2.24) is 0 Å². The number of allylic oxidation sites excluding steroid dienone is 2. The molecule has 1 saturated carbocycles. The summed E-state index contributed by atoms with van der Waals surface area (Å²) in [5, 5.41) is 14.9. The van der Waals surface area contributed by atoms with Gasteiger partial charge in [-0.15, -0.1) is 0 Å². The number of hydrazone groups is 1. The lowest BCUT2D eigenvalue weighted by molar-refractivity contribution is -0.129. The van der Waals surface area contributed by atoms with Gasteiger partial charge in [0.2, 0.25) is 0 Å². The van der Waals surface area contributed by atoms with Gasteiger partial charge in [0.25, 0.3) is 5.91 Å². The summed E-state index contributed by atoms with van der Waals surface area (Å²) in [6.45, 7) is 2.21. The first-order chi connectivity index (χ1) is 19.0. The molecule has 2 heterocycles. The number of carbonyl (C=O) groups excluding carboxylic acids is 1. The zero-order valence-corrected chi connectivity index (χ0v) is 22.0. The van der Waals surface area contributed by atoms with Crippen molar-refractivity contribution < 1.29 is 14.7 Å². The maximum atomic E-state index is 13.0. The average molecular weight is 518 g/mol. The van der Waals surface area contributed by atoms with E-state index in [4.69, 9.17) is 0 Å². The van der Waals surface area contributed by atoms with E-state index >= 15 is 0 Å². The second-order valence-electron chi connectivity index (χ2n) is 10.4. The Balaban J connectivity index is 1.27. The van der Waals surface area contributed by atoms with Crippen LogP contribution in [0.2, 0.25) is 0 Å². The number of anilines is 3. The summed E-state index contributed by atoms with van der Waals surface area (Å²) < 4.78 is 0. The predicted molar refractivity (Wildman–Crippen MR) is 156 cm³/mol. The quantitative estimate of drug-likeness (QED) is 0.348. The van der Waals surface area contributed by atoms with E-state index in [-0.39, 0.29) is 11.3 Å². The fourth-order valence-corrected chi connectivity index (χ4v) is 6.15. The molecule has 0 saturated heterocycles. The first kappa shape index (κ1) is 24.9. The Bertz CT molecular complexity index is 1500. The van der Waals surface area contributed by atoms with Gasteiger partial charge in [0, 0.05) is 23.3 Å². The third kappa shape index (κ3) is 4.56. The van der Waals surface area contributed by atoms with Crippen molar-refractivity contribution in [2.75, 3.05) is 9.91 Å². The molecule has 1 N–H and O–H groups in total. The molecular weight excluding hydrogens is 486 g/mol. The van der Waals surface area contributed by atoms with Crippen molar-refractivity contribution in [3.05, 3.63) is 107 Å². The van der Waals surface area contributed by atoms with Crippen LogP contribution in [0.25, 0.3) is 6.08 Å². The topological polar surface area (TPSA) is 73.2 Å². The first-order valence-corrected chi connectivity index (χ1v) is 13.7. The lowest BCUT2D eigenvalue weighted by atomic mass is 9.96. The minimum absolute atomic E-state index is 0.0670. The number of carbonyl (C=O) groups is 2. The summed E-state index contributed by atoms with van der Waals surface area (Å²) in [6, 6.07) is 24.9. The zero-order chi connectivity index (χ0) is 26.9. The van der Waals surface area contributed by atoms with Crippen LogP contribution in [-0.4, -0.2) is 28.7 Å². The molecule has 1 aliphatic carbocycles. The van der Waals surface area contributed by atoms with Gasteiger partial charge in [0.15, 0.2) is 5.71 Å². The molecule has 6 nitrogen and oxygen atoms in total. The van der Waals surface area contributed by atoms with Crippen LogP contribution in [0.15, 0.2) is 95.6 Å². The van der Waals surface area contributed by atoms with Crippen LogP contribution in [0.4, 0.5) is 17.1 Å². The second kappa shape index (κ2) is 10.4. The minimum Gasteiger partial charge on any atom is -0.476 e. The van der Waals surface area contributed by atoms with Crippen molar-refractivity contribution in [2.24, 2.45) is 5.10 Å². The SMILES string of the molecule is CCCc1ccc(N2c3ccc(/C=C/C=C4\C(=O)N(c5ccccc5)N=C4C(=O)O)cc3C3CCCC32)cc1. The highest BCUT2D eigenvalue weighted by molar-refractivity contribution is 6.52. The maximum Gasteiger partial charge on any atom is 0.357 e. The van der Waals surface area contributed by atoms with E-state index in [9.17, 15) is 14.7 Å². The second-order valence-corrected chi connectivity index (χ2v) is 10.4. The number of rotatable bonds is 7. The van der Waals surface area contributed by atoms with Crippen molar-refractivity contribution >= 4 is 40.7 Å². The van der Waals surface area contributed by atoms with Crippen LogP contribution in [0.1, 0.15) is 55.2 Å². The van der Waals surface area contributed by atoms with Gasteiger partial charge in [-0.1, -0.05) is 68.3 Å². The number of hydrogen-bond donors (Lipinski definition) is 1. The Morgan fingerprint density at radius 3 is 2.56 bits per heavy atom. The van der Waals surface area contributed by atoms with Gasteiger partial charge >= 0.3 is 5.97 Å². The zero-order valence-electron chi connectivity index (χ0n) is 22.0. The van der Waals surface area contributed by atoms with Crippen LogP contribution < -0.4 is 9.91 Å². The molecule has 196 valence electrons. The Kier molecular flexibility index (Phi) is 6.61. The van der Waals surface area contributed by atoms with Crippen LogP contribution in [-0.2, 0) is 16.0 Å². The van der Waals surface area contributed by atoms with Gasteiger partial charge in [-0.05, 0) is 78.4 Å². The van der Waals surface area contributed by atoms with E-state index in [1.165, 1.54) is 41.8 Å². The van der Waals surface area contributed by atoms with E-state index in [1.807, 2.05) is 12.1 Å². The number of fused-ring (bicyclic) bond motifs is 3. The van der Waals surface area contributed by atoms with Gasteiger partial charge in [-0.2, -0.15) is 10.1 Å². The van der Waals surface area contributed by atoms with Crippen LogP contribution in [0.5, 0.6) is 0 Å². The molecule has 3 aromatic carbocycles. The number of hydrogen-bond acceptors (Lipinski definition) is 4. The highest BCUT2D eigenvalue weighted by Crippen LogP contribution is 2.52. The molecule has 3 aromatic rings. The van der Waals surface area contributed by atoms with E-state index in [1.54, 1.807) is 36.4 Å². The molecular formula is C33H31N3O3. The lowest BCUT2D eigenvalue weighted by Crippen LogP contribution is -2.26. The molecule has 0 aromatic heterocycles. The molecule has 2 aliphatic heterocycles. The predicted octanol–water partition coefficient (Wildman–Crippen LogP) is 6.85. The van der Waals surface area contributed by atoms with Crippen LogP contribution in [0.3, 0.4) is 0 Å². The number of aryl methyl sites for hydroxylation is 1. The van der Waals surface area contributed by atoms with Crippen molar-refractivity contribution in [2.45, 2.75) is 51.0 Å². The summed E-state index contributed by atoms with van der Waals surface area (Å²) >= 11 is 0. The molecule has 1 fully saturated rings. The number of para-hydroxylation sites is 1. The van der Waals surface area contributed by atoms with Gasteiger partial charge in [0.1, 0.15) is 0 Å². The average Bonchev–Trinajstić information content (AvgIpc) is 3.63. The third-order valence-electron chi connectivity index (χ3n) is 7.91. The molecule has 6 heteroatoms. The van der Waals surface area contributed by atoms with Crippen LogP contribution >= 0.6 is 0 Å². The van der Waals surface area contributed by atoms with Gasteiger partial charge in [0.05, 0.1) is 11.3 Å².